The lowest BCUT2D eigenvalue weighted by Crippen LogP contribution is -1.77. The molecule has 0 atom stereocenters. The van der Waals surface area contributed by atoms with Crippen molar-refractivity contribution in [3.63, 3.8) is 0 Å². The highest BCUT2D eigenvalue weighted by Crippen LogP contribution is 1.86. The summed E-state index contributed by atoms with van der Waals surface area (Å²) in [5.41, 5.74) is 0. The fourth-order valence-electron chi connectivity index (χ4n) is 0.361. The van der Waals surface area contributed by atoms with E-state index in [-0.39, 0.29) is 6.61 Å². The molecule has 0 bridgehead atoms. The molecular formula is C7H10O. The minimum absolute atomic E-state index is 0.245. The largest absolute Gasteiger partial charge is 0.396 e. The lowest BCUT2D eigenvalue weighted by molar-refractivity contribution is 0.289. The summed E-state index contributed by atoms with van der Waals surface area (Å²) in [6.45, 7) is 0.245. The van der Waals surface area contributed by atoms with Gasteiger partial charge in [-0.25, -0.2) is 0 Å². The quantitative estimate of drug-likeness (QED) is 0.423. The lowest BCUT2D eigenvalue weighted by atomic mass is 10.3. The van der Waals surface area contributed by atoms with E-state index in [4.69, 9.17) is 11.5 Å². The Balaban J connectivity index is 2.94. The molecule has 0 aliphatic carbocycles. The number of aliphatic hydroxyl groups is 1. The molecule has 0 aromatic rings. The first-order valence-corrected chi connectivity index (χ1v) is 2.64. The summed E-state index contributed by atoms with van der Waals surface area (Å²) in [4.78, 5) is 0. The van der Waals surface area contributed by atoms with E-state index in [1.807, 2.05) is 6.08 Å². The van der Waals surface area contributed by atoms with Gasteiger partial charge in [0.2, 0.25) is 0 Å². The van der Waals surface area contributed by atoms with E-state index in [1.54, 1.807) is 6.08 Å². The minimum Gasteiger partial charge on any atom is -0.396 e. The van der Waals surface area contributed by atoms with E-state index < -0.39 is 0 Å². The van der Waals surface area contributed by atoms with Crippen LogP contribution in [0.3, 0.4) is 0 Å². The third kappa shape index (κ3) is 5.26. The Bertz CT molecular complexity index is 97.4. The van der Waals surface area contributed by atoms with Crippen LogP contribution in [-0.2, 0) is 0 Å². The molecule has 0 rings (SSSR count). The molecule has 0 amide bonds. The van der Waals surface area contributed by atoms with Gasteiger partial charge in [-0.1, -0.05) is 12.0 Å². The molecule has 0 saturated heterocycles. The van der Waals surface area contributed by atoms with E-state index in [0.29, 0.717) is 0 Å². The zero-order chi connectivity index (χ0) is 6.24. The molecule has 8 heavy (non-hydrogen) atoms. The molecule has 0 saturated carbocycles. The van der Waals surface area contributed by atoms with Gasteiger partial charge in [-0.3, -0.25) is 0 Å². The fourth-order valence-corrected chi connectivity index (χ4v) is 0.361. The molecule has 1 heteroatoms. The molecule has 0 fully saturated rings. The number of aliphatic hydroxyl groups excluding tert-OH is 1. The predicted molar refractivity (Wildman–Crippen MR) is 34.3 cm³/mol. The van der Waals surface area contributed by atoms with Gasteiger partial charge in [0, 0.05) is 6.61 Å². The predicted octanol–water partition coefficient (Wildman–Crippen LogP) is 0.948. The third-order valence-electron chi connectivity index (χ3n) is 0.743. The second-order valence-electron chi connectivity index (χ2n) is 1.43. The maximum atomic E-state index is 8.28. The smallest absolute Gasteiger partial charge is 0.0433 e. The number of rotatable bonds is 3. The monoisotopic (exact) mass is 110 g/mol. The highest BCUT2D eigenvalue weighted by Gasteiger charge is 1.74. The van der Waals surface area contributed by atoms with Crippen molar-refractivity contribution in [3.05, 3.63) is 12.2 Å². The van der Waals surface area contributed by atoms with Crippen molar-refractivity contribution < 1.29 is 5.11 Å². The van der Waals surface area contributed by atoms with Gasteiger partial charge in [0.25, 0.3) is 0 Å². The van der Waals surface area contributed by atoms with Gasteiger partial charge in [-0.05, 0) is 18.9 Å². The zero-order valence-corrected chi connectivity index (χ0v) is 4.80. The van der Waals surface area contributed by atoms with E-state index in [2.05, 4.69) is 5.92 Å². The van der Waals surface area contributed by atoms with E-state index in [1.165, 1.54) is 0 Å². The normalized spacial score (nSPS) is 9.50. The summed E-state index contributed by atoms with van der Waals surface area (Å²) in [7, 11) is 0. The Morgan fingerprint density at radius 3 is 2.88 bits per heavy atom. The van der Waals surface area contributed by atoms with Crippen LogP contribution in [0.4, 0.5) is 0 Å². The molecular weight excluding hydrogens is 100 g/mol. The molecule has 0 heterocycles. The fraction of sp³-hybridized carbons (Fsp3) is 0.429. The number of allylic oxidation sites excluding steroid dienone is 2. The van der Waals surface area contributed by atoms with E-state index in [0.717, 1.165) is 12.8 Å². The second-order valence-corrected chi connectivity index (χ2v) is 1.43. The van der Waals surface area contributed by atoms with Crippen LogP contribution in [0.15, 0.2) is 12.2 Å². The van der Waals surface area contributed by atoms with Gasteiger partial charge in [-0.2, -0.15) is 0 Å². The van der Waals surface area contributed by atoms with Gasteiger partial charge in [-0.15, -0.1) is 6.42 Å². The van der Waals surface area contributed by atoms with E-state index >= 15 is 0 Å². The first-order valence-electron chi connectivity index (χ1n) is 2.64. The van der Waals surface area contributed by atoms with Crippen molar-refractivity contribution in [2.75, 3.05) is 6.61 Å². The van der Waals surface area contributed by atoms with Crippen LogP contribution in [0.2, 0.25) is 0 Å². The van der Waals surface area contributed by atoms with Crippen LogP contribution in [0.1, 0.15) is 12.8 Å². The van der Waals surface area contributed by atoms with Crippen LogP contribution in [0.25, 0.3) is 0 Å². The number of hydrogen-bond donors (Lipinski definition) is 1. The van der Waals surface area contributed by atoms with Crippen molar-refractivity contribution in [3.8, 4) is 12.3 Å². The van der Waals surface area contributed by atoms with Crippen LogP contribution < -0.4 is 0 Å². The van der Waals surface area contributed by atoms with Gasteiger partial charge in [0.05, 0.1) is 0 Å². The number of hydrogen-bond acceptors (Lipinski definition) is 1. The maximum absolute atomic E-state index is 8.28. The first-order chi connectivity index (χ1) is 3.91. The molecule has 44 valence electrons. The number of unbranched alkanes of at least 4 members (excludes halogenated alkanes) is 1. The summed E-state index contributed by atoms with van der Waals surface area (Å²) < 4.78 is 0. The summed E-state index contributed by atoms with van der Waals surface area (Å²) in [6, 6.07) is 0. The van der Waals surface area contributed by atoms with Crippen LogP contribution in [-0.4, -0.2) is 11.7 Å². The Labute approximate surface area is 50.0 Å². The highest BCUT2D eigenvalue weighted by molar-refractivity contribution is 5.08. The topological polar surface area (TPSA) is 20.2 Å². The average Bonchev–Trinajstić information content (AvgIpc) is 1.81. The molecule has 0 aliphatic rings. The van der Waals surface area contributed by atoms with Gasteiger partial charge in [0.15, 0.2) is 0 Å². The highest BCUT2D eigenvalue weighted by atomic mass is 16.2. The summed E-state index contributed by atoms with van der Waals surface area (Å²) in [6.07, 6.45) is 10.1. The van der Waals surface area contributed by atoms with Gasteiger partial charge >= 0.3 is 0 Å². The number of terminal acetylenes is 1. The van der Waals surface area contributed by atoms with Crippen molar-refractivity contribution >= 4 is 0 Å². The molecule has 0 unspecified atom stereocenters. The van der Waals surface area contributed by atoms with Gasteiger partial charge in [0.1, 0.15) is 0 Å². The Kier molecular flexibility index (Phi) is 5.68. The van der Waals surface area contributed by atoms with Gasteiger partial charge < -0.3 is 5.11 Å². The Hall–Kier alpha value is -0.740. The van der Waals surface area contributed by atoms with Crippen LogP contribution in [0, 0.1) is 12.3 Å². The molecule has 0 aromatic carbocycles. The lowest BCUT2D eigenvalue weighted by Gasteiger charge is -1.83. The van der Waals surface area contributed by atoms with Crippen molar-refractivity contribution in [1.29, 1.82) is 0 Å². The van der Waals surface area contributed by atoms with Crippen molar-refractivity contribution in [2.45, 2.75) is 12.8 Å². The van der Waals surface area contributed by atoms with Crippen LogP contribution in [0.5, 0.6) is 0 Å². The maximum Gasteiger partial charge on any atom is 0.0433 e. The summed E-state index contributed by atoms with van der Waals surface area (Å²) >= 11 is 0. The molecule has 0 aromatic heterocycles. The summed E-state index contributed by atoms with van der Waals surface area (Å²) in [5, 5.41) is 8.28. The molecule has 0 radical (unpaired) electrons. The van der Waals surface area contributed by atoms with Crippen molar-refractivity contribution in [1.82, 2.24) is 0 Å². The average molecular weight is 110 g/mol. The van der Waals surface area contributed by atoms with Crippen molar-refractivity contribution in [2.24, 2.45) is 0 Å². The first kappa shape index (κ1) is 7.26. The van der Waals surface area contributed by atoms with E-state index in [9.17, 15) is 0 Å². The zero-order valence-electron chi connectivity index (χ0n) is 4.80. The molecule has 1 N–H and O–H groups in total. The molecule has 0 aliphatic heterocycles. The molecule has 1 nitrogen and oxygen atoms in total. The standard InChI is InChI=1S/C7H10O/c1-2-3-4-5-6-7-8/h1,3-4,8H,5-7H2/b4-3+. The summed E-state index contributed by atoms with van der Waals surface area (Å²) in [5.74, 6) is 2.36. The minimum atomic E-state index is 0.245. The second kappa shape index (κ2) is 6.26. The molecule has 0 spiro atoms. The third-order valence-corrected chi connectivity index (χ3v) is 0.743. The van der Waals surface area contributed by atoms with Crippen LogP contribution >= 0.6 is 0 Å². The Morgan fingerprint density at radius 1 is 1.62 bits per heavy atom. The SMILES string of the molecule is C#C/C=C/CCCO. The Morgan fingerprint density at radius 2 is 2.38 bits per heavy atom.